The molecule has 0 radical (unpaired) electrons. The summed E-state index contributed by atoms with van der Waals surface area (Å²) in [4.78, 5) is 37.6. The van der Waals surface area contributed by atoms with Gasteiger partial charge in [-0.1, -0.05) is 44.9 Å². The summed E-state index contributed by atoms with van der Waals surface area (Å²) in [6.07, 6.45) is 11.9. The van der Waals surface area contributed by atoms with Crippen molar-refractivity contribution in [1.29, 1.82) is 0 Å². The Bertz CT molecular complexity index is 2000. The number of ether oxygens (including phenoxy) is 2. The topological polar surface area (TPSA) is 152 Å². The van der Waals surface area contributed by atoms with Crippen molar-refractivity contribution in [2.75, 3.05) is 49.3 Å². The number of nitrogens with one attached hydrogen (secondary N) is 1. The van der Waals surface area contributed by atoms with E-state index in [2.05, 4.69) is 51.8 Å². The second-order valence-electron chi connectivity index (χ2n) is 12.9. The molecule has 1 saturated carbocycles. The molecule has 1 unspecified atom stereocenters. The van der Waals surface area contributed by atoms with Gasteiger partial charge in [-0.05, 0) is 51.7 Å². The Labute approximate surface area is 304 Å². The molecule has 1 atom stereocenters. The Morgan fingerprint density at radius 2 is 1.81 bits per heavy atom. The number of furan rings is 1. The normalized spacial score (nSPS) is 18.4. The summed E-state index contributed by atoms with van der Waals surface area (Å²) in [5, 5.41) is 11.2. The van der Waals surface area contributed by atoms with Gasteiger partial charge in [0.1, 0.15) is 28.4 Å². The van der Waals surface area contributed by atoms with Gasteiger partial charge in [0, 0.05) is 56.1 Å². The molecular formula is C39H49N7O6. The average molecular weight is 712 g/mol. The third kappa shape index (κ3) is 7.98. The van der Waals surface area contributed by atoms with Crippen molar-refractivity contribution in [3.8, 4) is 11.8 Å². The maximum absolute atomic E-state index is 12.4. The van der Waals surface area contributed by atoms with E-state index in [1.54, 1.807) is 23.0 Å². The number of aromatic amines is 1. The largest absolute Gasteiger partial charge is 0.483 e. The van der Waals surface area contributed by atoms with Gasteiger partial charge in [-0.3, -0.25) is 14.3 Å². The van der Waals surface area contributed by atoms with E-state index in [0.717, 1.165) is 64.0 Å². The van der Waals surface area contributed by atoms with Crippen LogP contribution in [0.2, 0.25) is 0 Å². The molecule has 8 rings (SSSR count). The molecule has 0 aromatic carbocycles. The van der Waals surface area contributed by atoms with Crippen molar-refractivity contribution in [3.05, 3.63) is 75.9 Å². The Kier molecular flexibility index (Phi) is 12.4. The second kappa shape index (κ2) is 16.9. The van der Waals surface area contributed by atoms with Crippen LogP contribution in [0.15, 0.2) is 40.8 Å². The molecule has 1 spiro atoms. The lowest BCUT2D eigenvalue weighted by molar-refractivity contribution is -0.228. The molecule has 0 amide bonds. The summed E-state index contributed by atoms with van der Waals surface area (Å²) in [6, 6.07) is 1.92. The fraction of sp³-hybridized carbons (Fsp3) is 0.462. The van der Waals surface area contributed by atoms with E-state index in [-0.39, 0.29) is 23.7 Å². The zero-order valence-electron chi connectivity index (χ0n) is 30.8. The monoisotopic (exact) mass is 711 g/mol. The number of aromatic nitrogens is 5. The van der Waals surface area contributed by atoms with Crippen molar-refractivity contribution in [3.63, 3.8) is 0 Å². The zero-order chi connectivity index (χ0) is 37.4. The molecule has 4 aliphatic rings. The molecular weight excluding hydrogens is 662 g/mol. The molecule has 13 heteroatoms. The molecule has 7 heterocycles. The van der Waals surface area contributed by atoms with Crippen molar-refractivity contribution in [1.82, 2.24) is 24.7 Å². The van der Waals surface area contributed by atoms with E-state index < -0.39 is 0 Å². The van der Waals surface area contributed by atoms with E-state index in [0.29, 0.717) is 38.0 Å². The van der Waals surface area contributed by atoms with Crippen molar-refractivity contribution in [2.24, 2.45) is 7.05 Å². The van der Waals surface area contributed by atoms with Crippen molar-refractivity contribution < 1.29 is 23.8 Å². The number of rotatable bonds is 5. The maximum Gasteiger partial charge on any atom is 0.290 e. The summed E-state index contributed by atoms with van der Waals surface area (Å²) >= 11 is 0. The molecule has 4 fully saturated rings. The minimum absolute atomic E-state index is 0.0647. The van der Waals surface area contributed by atoms with E-state index >= 15 is 0 Å². The number of hydrogen-bond donors (Lipinski definition) is 2. The molecule has 52 heavy (non-hydrogen) atoms. The number of H-pyrrole nitrogens is 1. The second-order valence-corrected chi connectivity index (χ2v) is 12.9. The van der Waals surface area contributed by atoms with E-state index in [9.17, 15) is 4.79 Å². The lowest BCUT2D eigenvalue weighted by Gasteiger charge is -2.53. The van der Waals surface area contributed by atoms with E-state index in [4.69, 9.17) is 33.8 Å². The summed E-state index contributed by atoms with van der Waals surface area (Å²) in [5.41, 5.74) is 5.34. The molecule has 4 aromatic heterocycles. The number of morpholine rings is 1. The number of nitrogens with zero attached hydrogens (tertiary/aromatic N) is 6. The predicted octanol–water partition coefficient (Wildman–Crippen LogP) is 5.52. The summed E-state index contributed by atoms with van der Waals surface area (Å²) in [7, 11) is 1.87. The highest BCUT2D eigenvalue weighted by Gasteiger charge is 2.50. The smallest absolute Gasteiger partial charge is 0.290 e. The first-order valence-electron chi connectivity index (χ1n) is 17.9. The quantitative estimate of drug-likeness (QED) is 0.199. The minimum Gasteiger partial charge on any atom is -0.483 e. The lowest BCUT2D eigenvalue weighted by atomic mass is 9.90. The molecule has 1 aliphatic carbocycles. The van der Waals surface area contributed by atoms with Gasteiger partial charge in [0.05, 0.1) is 37.1 Å². The van der Waals surface area contributed by atoms with Crippen molar-refractivity contribution >= 4 is 41.2 Å². The number of pyridine rings is 1. The Morgan fingerprint density at radius 3 is 2.38 bits per heavy atom. The number of hydrogen-bond acceptors (Lipinski definition) is 10. The van der Waals surface area contributed by atoms with Crippen LogP contribution in [0.25, 0.3) is 23.3 Å². The van der Waals surface area contributed by atoms with Gasteiger partial charge in [-0.2, -0.15) is 5.10 Å². The first kappa shape index (κ1) is 38.1. The number of carboxylic acid groups (broad SMARTS) is 1. The highest BCUT2D eigenvalue weighted by molar-refractivity contribution is 5.93. The number of anilines is 2. The van der Waals surface area contributed by atoms with Crippen LogP contribution in [0, 0.1) is 18.8 Å². The van der Waals surface area contributed by atoms with Crippen LogP contribution in [0.1, 0.15) is 86.3 Å². The number of aryl methyl sites for hydroxylation is 2. The molecule has 3 aliphatic heterocycles. The predicted molar refractivity (Wildman–Crippen MR) is 203 cm³/mol. The molecule has 276 valence electrons. The average Bonchev–Trinajstić information content (AvgIpc) is 3.55. The molecule has 13 nitrogen and oxygen atoms in total. The van der Waals surface area contributed by atoms with Crippen LogP contribution in [0.3, 0.4) is 0 Å². The van der Waals surface area contributed by atoms with E-state index in [1.807, 2.05) is 40.1 Å². The third-order valence-electron chi connectivity index (χ3n) is 9.53. The maximum atomic E-state index is 12.4. The third-order valence-corrected chi connectivity index (χ3v) is 9.53. The van der Waals surface area contributed by atoms with Gasteiger partial charge in [-0.25, -0.2) is 9.97 Å². The standard InChI is InChI=1S/C19H22N4O3.C17H19N3O.C2H6.CH2O2/c1-13-16(10-22(3)21-13)5-4-15-8-17(18(24)20-9-15)23-6-7-26-19(14(23)2)11-25-12-19;1-3-12-13(4-2)21-15-14(12)18-16(11-7-8-11)19-17(15)20-9-5-6-10-20;1-2;2-1-3/h8-10,14H,6-7,11-12H2,1-3H3,(H,20,24);3-4,11H,1-2,5-10H2;1-2H3;1H,(H,2,3). The minimum atomic E-state index is -0.306. The zero-order valence-corrected chi connectivity index (χ0v) is 30.8. The highest BCUT2D eigenvalue weighted by atomic mass is 16.6. The summed E-state index contributed by atoms with van der Waals surface area (Å²) in [6.45, 7) is 20.0. The fourth-order valence-corrected chi connectivity index (χ4v) is 6.55. The molecule has 0 bridgehead atoms. The van der Waals surface area contributed by atoms with Crippen LogP contribution in [0.5, 0.6) is 0 Å². The van der Waals surface area contributed by atoms with E-state index in [1.165, 1.54) is 25.7 Å². The summed E-state index contributed by atoms with van der Waals surface area (Å²) in [5.74, 6) is 9.44. The van der Waals surface area contributed by atoms with Crippen LogP contribution >= 0.6 is 0 Å². The van der Waals surface area contributed by atoms with Crippen LogP contribution in [0.4, 0.5) is 11.5 Å². The SMILES string of the molecule is C=Cc1oc2c(N3CCCC3)nc(C3CC3)nc2c1C=C.CC.Cc1nn(C)cc1C#Cc1c[nH]c(=O)c(N2CCOC3(COC3)C2C)c1.O=CO. The Morgan fingerprint density at radius 1 is 1.10 bits per heavy atom. The highest BCUT2D eigenvalue weighted by Crippen LogP contribution is 2.42. The van der Waals surface area contributed by atoms with Gasteiger partial charge in [0.15, 0.2) is 11.4 Å². The lowest BCUT2D eigenvalue weighted by Crippen LogP contribution is -2.68. The number of fused-ring (bicyclic) bond motifs is 1. The molecule has 2 N–H and O–H groups in total. The van der Waals surface area contributed by atoms with Crippen LogP contribution in [-0.2, 0) is 21.3 Å². The Balaban J connectivity index is 0.000000182. The van der Waals surface area contributed by atoms with Gasteiger partial charge >= 0.3 is 0 Å². The van der Waals surface area contributed by atoms with Gasteiger partial charge in [-0.15, -0.1) is 0 Å². The van der Waals surface area contributed by atoms with Crippen LogP contribution in [-0.4, -0.2) is 87.4 Å². The number of carbonyl (C=O) groups is 1. The molecule has 4 aromatic rings. The first-order chi connectivity index (χ1) is 25.2. The fourth-order valence-electron chi connectivity index (χ4n) is 6.55. The van der Waals surface area contributed by atoms with Gasteiger partial charge in [0.25, 0.3) is 12.0 Å². The van der Waals surface area contributed by atoms with Gasteiger partial charge in [0.2, 0.25) is 0 Å². The van der Waals surface area contributed by atoms with Gasteiger partial charge < -0.3 is 33.8 Å². The summed E-state index contributed by atoms with van der Waals surface area (Å²) < 4.78 is 19.0. The first-order valence-corrected chi connectivity index (χ1v) is 17.9. The van der Waals surface area contributed by atoms with Crippen LogP contribution < -0.4 is 15.4 Å². The Hall–Kier alpha value is -5.19. The van der Waals surface area contributed by atoms with Crippen molar-refractivity contribution in [2.45, 2.75) is 70.9 Å². The molecule has 3 saturated heterocycles.